The molecule has 33 heavy (non-hydrogen) atoms. The number of anilines is 1. The van der Waals surface area contributed by atoms with Gasteiger partial charge < -0.3 is 15.0 Å². The lowest BCUT2D eigenvalue weighted by Crippen LogP contribution is -2.43. The van der Waals surface area contributed by atoms with Gasteiger partial charge in [0.2, 0.25) is 5.91 Å². The van der Waals surface area contributed by atoms with E-state index in [4.69, 9.17) is 11.6 Å². The van der Waals surface area contributed by atoms with Crippen molar-refractivity contribution < 1.29 is 9.90 Å². The lowest BCUT2D eigenvalue weighted by molar-refractivity contribution is -0.116. The van der Waals surface area contributed by atoms with Gasteiger partial charge in [-0.2, -0.15) is 0 Å². The van der Waals surface area contributed by atoms with Gasteiger partial charge in [-0.1, -0.05) is 37.9 Å². The van der Waals surface area contributed by atoms with E-state index in [-0.39, 0.29) is 17.8 Å². The van der Waals surface area contributed by atoms with Gasteiger partial charge in [0, 0.05) is 13.1 Å². The van der Waals surface area contributed by atoms with Crippen LogP contribution in [0.4, 0.5) is 5.69 Å². The number of carbonyl (C=O) groups is 1. The van der Waals surface area contributed by atoms with Crippen molar-refractivity contribution in [2.24, 2.45) is 0 Å². The number of rotatable bonds is 9. The second kappa shape index (κ2) is 10.4. The van der Waals surface area contributed by atoms with E-state index in [1.165, 1.54) is 4.57 Å². The summed E-state index contributed by atoms with van der Waals surface area (Å²) in [6, 6.07) is 3.62. The zero-order chi connectivity index (χ0) is 24.3. The maximum Gasteiger partial charge on any atom is 0.333 e. The van der Waals surface area contributed by atoms with Crippen molar-refractivity contribution >= 4 is 34.4 Å². The van der Waals surface area contributed by atoms with Crippen molar-refractivity contribution in [3.63, 3.8) is 0 Å². The Balaban J connectivity index is 2.12. The zero-order valence-electron chi connectivity index (χ0n) is 19.4. The maximum absolute atomic E-state index is 13.4. The minimum absolute atomic E-state index is 0.217. The molecule has 0 saturated heterocycles. The maximum atomic E-state index is 13.4. The molecule has 0 atom stereocenters. The number of fused-ring (bicyclic) bond motifs is 1. The monoisotopic (exact) mass is 475 g/mol. The third-order valence-corrected chi connectivity index (χ3v) is 5.81. The minimum Gasteiger partial charge on any atom is -0.388 e. The van der Waals surface area contributed by atoms with E-state index in [1.54, 1.807) is 10.6 Å². The molecule has 0 radical (unpaired) electrons. The second-order valence-electron chi connectivity index (χ2n) is 8.18. The van der Waals surface area contributed by atoms with Crippen LogP contribution in [0.3, 0.4) is 0 Å². The topological polar surface area (TPSA) is 111 Å². The Labute approximate surface area is 196 Å². The molecule has 2 aromatic heterocycles. The second-order valence-corrected chi connectivity index (χ2v) is 8.58. The number of amides is 1. The van der Waals surface area contributed by atoms with E-state index >= 15 is 0 Å². The van der Waals surface area contributed by atoms with Gasteiger partial charge in [-0.15, -0.1) is 0 Å². The summed E-state index contributed by atoms with van der Waals surface area (Å²) in [5, 5.41) is 12.9. The van der Waals surface area contributed by atoms with E-state index in [2.05, 4.69) is 10.3 Å². The summed E-state index contributed by atoms with van der Waals surface area (Å²) in [6.45, 7) is 7.65. The third-order valence-electron chi connectivity index (χ3n) is 5.52. The number of aliphatic hydroxyl groups is 1. The number of benzene rings is 1. The summed E-state index contributed by atoms with van der Waals surface area (Å²) in [7, 11) is 0. The molecule has 9 nitrogen and oxygen atoms in total. The average molecular weight is 476 g/mol. The molecular formula is C23H30ClN5O4. The van der Waals surface area contributed by atoms with Crippen LogP contribution >= 0.6 is 11.6 Å². The first-order valence-electron chi connectivity index (χ1n) is 11.1. The Morgan fingerprint density at radius 1 is 1.09 bits per heavy atom. The number of halogens is 1. The molecule has 0 saturated carbocycles. The Hall–Kier alpha value is -2.91. The smallest absolute Gasteiger partial charge is 0.333 e. The normalized spacial score (nSPS) is 11.3. The van der Waals surface area contributed by atoms with Crippen LogP contribution in [0.15, 0.2) is 21.7 Å². The number of unbranched alkanes of at least 4 members (excludes halogenated alkanes) is 1. The van der Waals surface area contributed by atoms with E-state index in [9.17, 15) is 19.5 Å². The van der Waals surface area contributed by atoms with Crippen molar-refractivity contribution in [3.05, 3.63) is 54.9 Å². The molecule has 0 fully saturated rings. The molecule has 10 heteroatoms. The van der Waals surface area contributed by atoms with Gasteiger partial charge in [-0.25, -0.2) is 14.3 Å². The molecule has 1 amide bonds. The number of nitrogens with zero attached hydrogens (tertiary/aromatic N) is 4. The summed E-state index contributed by atoms with van der Waals surface area (Å²) in [5.41, 5.74) is 1.44. The first kappa shape index (κ1) is 24.7. The molecule has 178 valence electrons. The number of hydrogen-bond acceptors (Lipinski definition) is 5. The van der Waals surface area contributed by atoms with Crippen LogP contribution in [0.1, 0.15) is 50.1 Å². The van der Waals surface area contributed by atoms with Crippen LogP contribution in [0.2, 0.25) is 5.02 Å². The first-order chi connectivity index (χ1) is 15.7. The quantitative estimate of drug-likeness (QED) is 0.494. The number of carbonyl (C=O) groups excluding carboxylic acids is 1. The molecule has 0 aliphatic carbocycles. The highest BCUT2D eigenvalue weighted by molar-refractivity contribution is 6.34. The lowest BCUT2D eigenvalue weighted by Gasteiger charge is -2.14. The minimum atomic E-state index is -0.606. The molecule has 1 aromatic carbocycles. The van der Waals surface area contributed by atoms with Gasteiger partial charge in [0.05, 0.1) is 10.7 Å². The predicted molar refractivity (Wildman–Crippen MR) is 129 cm³/mol. The van der Waals surface area contributed by atoms with Gasteiger partial charge >= 0.3 is 5.69 Å². The Kier molecular flexibility index (Phi) is 7.76. The van der Waals surface area contributed by atoms with Gasteiger partial charge in [0.1, 0.15) is 19.0 Å². The highest BCUT2D eigenvalue weighted by Gasteiger charge is 2.22. The Morgan fingerprint density at radius 2 is 1.82 bits per heavy atom. The number of aliphatic hydroxyl groups excluding tert-OH is 1. The zero-order valence-corrected chi connectivity index (χ0v) is 20.2. The van der Waals surface area contributed by atoms with Gasteiger partial charge in [0.25, 0.3) is 5.56 Å². The van der Waals surface area contributed by atoms with Gasteiger partial charge in [-0.05, 0) is 43.9 Å². The lowest BCUT2D eigenvalue weighted by atomic mass is 10.1. The van der Waals surface area contributed by atoms with Crippen LogP contribution in [0.25, 0.3) is 11.2 Å². The molecule has 2 N–H and O–H groups in total. The number of hydrogen-bond donors (Lipinski definition) is 2. The highest BCUT2D eigenvalue weighted by Crippen LogP contribution is 2.27. The van der Waals surface area contributed by atoms with E-state index in [1.807, 2.05) is 33.8 Å². The summed E-state index contributed by atoms with van der Waals surface area (Å²) in [4.78, 5) is 43.9. The molecule has 0 aliphatic heterocycles. The summed E-state index contributed by atoms with van der Waals surface area (Å²) < 4.78 is 3.98. The average Bonchev–Trinajstić information content (AvgIpc) is 3.12. The van der Waals surface area contributed by atoms with Crippen molar-refractivity contribution in [2.45, 2.75) is 73.2 Å². The first-order valence-corrected chi connectivity index (χ1v) is 11.5. The van der Waals surface area contributed by atoms with Crippen LogP contribution in [0, 0.1) is 13.8 Å². The van der Waals surface area contributed by atoms with E-state index in [0.717, 1.165) is 22.1 Å². The van der Waals surface area contributed by atoms with Crippen molar-refractivity contribution in [3.8, 4) is 0 Å². The molecule has 0 spiro atoms. The largest absolute Gasteiger partial charge is 0.388 e. The molecule has 3 rings (SSSR count). The SMILES string of the molecule is CCCCn1c(=O)n(CC(=O)Nc2c(C)cc(C)cc2Cl)c(=O)c2c1nc(CO)n2CCC. The third kappa shape index (κ3) is 4.89. The molecule has 0 bridgehead atoms. The fraction of sp³-hybridized carbons (Fsp3) is 0.478. The van der Waals surface area contributed by atoms with Crippen LogP contribution < -0.4 is 16.6 Å². The number of imidazole rings is 1. The number of aryl methyl sites for hydroxylation is 4. The van der Waals surface area contributed by atoms with E-state index < -0.39 is 23.7 Å². The molecule has 3 aromatic rings. The molecule has 2 heterocycles. The number of aromatic nitrogens is 4. The Morgan fingerprint density at radius 3 is 2.42 bits per heavy atom. The number of nitrogens with one attached hydrogen (secondary N) is 1. The van der Waals surface area contributed by atoms with Crippen LogP contribution in [0.5, 0.6) is 0 Å². The van der Waals surface area contributed by atoms with Crippen LogP contribution in [-0.4, -0.2) is 29.7 Å². The van der Waals surface area contributed by atoms with Crippen LogP contribution in [-0.2, 0) is 31.0 Å². The molecule has 0 unspecified atom stereocenters. The van der Waals surface area contributed by atoms with Crippen molar-refractivity contribution in [1.29, 1.82) is 0 Å². The van der Waals surface area contributed by atoms with Gasteiger partial charge in [0.15, 0.2) is 11.2 Å². The van der Waals surface area contributed by atoms with Gasteiger partial charge in [-0.3, -0.25) is 14.2 Å². The fourth-order valence-electron chi connectivity index (χ4n) is 3.97. The Bertz CT molecular complexity index is 1280. The highest BCUT2D eigenvalue weighted by atomic mass is 35.5. The summed E-state index contributed by atoms with van der Waals surface area (Å²) in [6.07, 6.45) is 2.24. The van der Waals surface area contributed by atoms with Crippen molar-refractivity contribution in [1.82, 2.24) is 18.7 Å². The fourth-order valence-corrected chi connectivity index (χ4v) is 4.34. The summed E-state index contributed by atoms with van der Waals surface area (Å²) >= 11 is 6.29. The molecular weight excluding hydrogens is 446 g/mol. The summed E-state index contributed by atoms with van der Waals surface area (Å²) in [5.74, 6) is -0.216. The standard InChI is InChI=1S/C23H30ClN5O4/c1-5-7-9-28-21-20(27(8-6-2)17(13-30)25-21)22(32)29(23(28)33)12-18(31)26-19-15(4)10-14(3)11-16(19)24/h10-11,30H,5-9,12-13H2,1-4H3,(H,26,31). The predicted octanol–water partition coefficient (Wildman–Crippen LogP) is 2.97. The van der Waals surface area contributed by atoms with Crippen molar-refractivity contribution in [2.75, 3.05) is 5.32 Å². The van der Waals surface area contributed by atoms with E-state index in [0.29, 0.717) is 42.5 Å². The molecule has 0 aliphatic rings.